The molecule has 2 heterocycles. The largest absolute Gasteiger partial charge is 0.361 e. The molecule has 0 unspecified atom stereocenters. The van der Waals surface area contributed by atoms with Gasteiger partial charge < -0.3 is 10.3 Å². The van der Waals surface area contributed by atoms with Crippen LogP contribution in [0.25, 0.3) is 10.9 Å². The monoisotopic (exact) mass is 426 g/mol. The molecule has 0 bridgehead atoms. The standard InChI is InChI=1S/C22H20Cl2N4O/c1-14-11-21(27-28(14)13-17-18(23)6-4-7-19(17)24)26-22(29)10-9-15-12-25-20-8-3-2-5-16(15)20/h2-8,11-12,25H,9-10,13H2,1H3,(H,26,27,29). The van der Waals surface area contributed by atoms with Crippen molar-refractivity contribution in [3.63, 3.8) is 0 Å². The minimum absolute atomic E-state index is 0.0734. The molecule has 0 aliphatic heterocycles. The number of amides is 1. The van der Waals surface area contributed by atoms with E-state index in [9.17, 15) is 4.79 Å². The van der Waals surface area contributed by atoms with E-state index in [0.717, 1.165) is 27.7 Å². The number of aromatic amines is 1. The van der Waals surface area contributed by atoms with Gasteiger partial charge in [-0.2, -0.15) is 5.10 Å². The van der Waals surface area contributed by atoms with Gasteiger partial charge in [0.05, 0.1) is 6.54 Å². The first-order valence-electron chi connectivity index (χ1n) is 9.33. The summed E-state index contributed by atoms with van der Waals surface area (Å²) in [5.74, 6) is 0.449. The molecule has 5 nitrogen and oxygen atoms in total. The normalized spacial score (nSPS) is 11.1. The van der Waals surface area contributed by atoms with Crippen molar-refractivity contribution in [1.29, 1.82) is 0 Å². The predicted molar refractivity (Wildman–Crippen MR) is 118 cm³/mol. The third-order valence-corrected chi connectivity index (χ3v) is 5.62. The molecule has 0 spiro atoms. The molecule has 0 fully saturated rings. The van der Waals surface area contributed by atoms with Crippen LogP contribution in [0.2, 0.25) is 10.0 Å². The fourth-order valence-electron chi connectivity index (χ4n) is 3.36. The van der Waals surface area contributed by atoms with Gasteiger partial charge in [-0.1, -0.05) is 47.5 Å². The maximum Gasteiger partial charge on any atom is 0.225 e. The Morgan fingerprint density at radius 3 is 2.69 bits per heavy atom. The molecule has 2 aromatic heterocycles. The lowest BCUT2D eigenvalue weighted by atomic mass is 10.1. The van der Waals surface area contributed by atoms with Crippen molar-refractivity contribution >= 4 is 45.8 Å². The number of carbonyl (C=O) groups excluding carboxylic acids is 1. The average Bonchev–Trinajstić information content (AvgIpc) is 3.26. The van der Waals surface area contributed by atoms with Gasteiger partial charge in [0.1, 0.15) is 0 Å². The molecule has 148 valence electrons. The highest BCUT2D eigenvalue weighted by atomic mass is 35.5. The molecule has 1 amide bonds. The highest BCUT2D eigenvalue weighted by Gasteiger charge is 2.12. The SMILES string of the molecule is Cc1cc(NC(=O)CCc2c[nH]c3ccccc23)nn1Cc1c(Cl)cccc1Cl. The van der Waals surface area contributed by atoms with Crippen LogP contribution in [0.3, 0.4) is 0 Å². The summed E-state index contributed by atoms with van der Waals surface area (Å²) in [7, 11) is 0. The molecule has 0 aliphatic rings. The van der Waals surface area contributed by atoms with Crippen molar-refractivity contribution in [2.45, 2.75) is 26.3 Å². The van der Waals surface area contributed by atoms with E-state index in [2.05, 4.69) is 21.5 Å². The lowest BCUT2D eigenvalue weighted by molar-refractivity contribution is -0.116. The number of aromatic nitrogens is 3. The molecule has 0 atom stereocenters. The number of aryl methyl sites for hydroxylation is 2. The Bertz CT molecular complexity index is 1160. The number of anilines is 1. The number of hydrogen-bond donors (Lipinski definition) is 2. The molecule has 7 heteroatoms. The average molecular weight is 427 g/mol. The zero-order valence-corrected chi connectivity index (χ0v) is 17.4. The van der Waals surface area contributed by atoms with Gasteiger partial charge in [-0.3, -0.25) is 9.48 Å². The van der Waals surface area contributed by atoms with E-state index in [1.807, 2.05) is 43.5 Å². The number of halogens is 2. The topological polar surface area (TPSA) is 62.7 Å². The summed E-state index contributed by atoms with van der Waals surface area (Å²) in [5, 5.41) is 9.70. The van der Waals surface area contributed by atoms with Gasteiger partial charge in [-0.25, -0.2) is 0 Å². The quantitative estimate of drug-likeness (QED) is 0.421. The fourth-order valence-corrected chi connectivity index (χ4v) is 3.87. The summed E-state index contributed by atoms with van der Waals surface area (Å²) in [6.45, 7) is 2.37. The van der Waals surface area contributed by atoms with Crippen LogP contribution in [-0.2, 0) is 17.8 Å². The smallest absolute Gasteiger partial charge is 0.225 e. The van der Waals surface area contributed by atoms with Crippen LogP contribution in [0.4, 0.5) is 5.82 Å². The number of nitrogens with one attached hydrogen (secondary N) is 2. The minimum Gasteiger partial charge on any atom is -0.361 e. The Balaban J connectivity index is 1.41. The predicted octanol–water partition coefficient (Wildman–Crippen LogP) is 5.60. The van der Waals surface area contributed by atoms with Crippen LogP contribution < -0.4 is 5.32 Å². The van der Waals surface area contributed by atoms with Crippen LogP contribution in [0.1, 0.15) is 23.2 Å². The van der Waals surface area contributed by atoms with Crippen molar-refractivity contribution < 1.29 is 4.79 Å². The van der Waals surface area contributed by atoms with Gasteiger partial charge in [-0.15, -0.1) is 0 Å². The van der Waals surface area contributed by atoms with Crippen molar-refractivity contribution in [3.8, 4) is 0 Å². The second-order valence-corrected chi connectivity index (χ2v) is 7.75. The Morgan fingerprint density at radius 2 is 1.90 bits per heavy atom. The van der Waals surface area contributed by atoms with Crippen LogP contribution in [-0.4, -0.2) is 20.7 Å². The van der Waals surface area contributed by atoms with Gasteiger partial charge in [0.25, 0.3) is 0 Å². The number of rotatable bonds is 6. The van der Waals surface area contributed by atoms with Gasteiger partial charge in [0, 0.05) is 50.9 Å². The Labute approximate surface area is 178 Å². The number of para-hydroxylation sites is 1. The Hall–Kier alpha value is -2.76. The molecule has 4 rings (SSSR count). The molecule has 0 aliphatic carbocycles. The van der Waals surface area contributed by atoms with E-state index in [0.29, 0.717) is 35.2 Å². The fraction of sp³-hybridized carbons (Fsp3) is 0.182. The molecule has 2 N–H and O–H groups in total. The molecule has 0 saturated carbocycles. The lowest BCUT2D eigenvalue weighted by Gasteiger charge is -2.08. The van der Waals surface area contributed by atoms with E-state index < -0.39 is 0 Å². The minimum atomic E-state index is -0.0734. The molecular formula is C22H20Cl2N4O. The summed E-state index contributed by atoms with van der Waals surface area (Å²) < 4.78 is 1.78. The summed E-state index contributed by atoms with van der Waals surface area (Å²) in [6.07, 6.45) is 3.00. The molecular weight excluding hydrogens is 407 g/mol. The summed E-state index contributed by atoms with van der Waals surface area (Å²) in [5.41, 5.74) is 3.92. The van der Waals surface area contributed by atoms with Crippen molar-refractivity contribution in [2.24, 2.45) is 0 Å². The molecule has 29 heavy (non-hydrogen) atoms. The summed E-state index contributed by atoms with van der Waals surface area (Å²) in [4.78, 5) is 15.7. The van der Waals surface area contributed by atoms with Gasteiger partial charge in [0.2, 0.25) is 5.91 Å². The van der Waals surface area contributed by atoms with E-state index in [-0.39, 0.29) is 5.91 Å². The number of carbonyl (C=O) groups is 1. The van der Waals surface area contributed by atoms with Crippen LogP contribution in [0.5, 0.6) is 0 Å². The van der Waals surface area contributed by atoms with Crippen molar-refractivity contribution in [2.75, 3.05) is 5.32 Å². The molecule has 2 aromatic carbocycles. The summed E-state index contributed by atoms with van der Waals surface area (Å²) in [6, 6.07) is 15.3. The number of benzene rings is 2. The zero-order valence-electron chi connectivity index (χ0n) is 15.9. The third-order valence-electron chi connectivity index (χ3n) is 4.91. The van der Waals surface area contributed by atoms with Crippen molar-refractivity contribution in [1.82, 2.24) is 14.8 Å². The number of H-pyrrole nitrogens is 1. The summed E-state index contributed by atoms with van der Waals surface area (Å²) >= 11 is 12.5. The van der Waals surface area contributed by atoms with Crippen molar-refractivity contribution in [3.05, 3.63) is 81.6 Å². The highest BCUT2D eigenvalue weighted by Crippen LogP contribution is 2.26. The van der Waals surface area contributed by atoms with Crippen LogP contribution in [0.15, 0.2) is 54.7 Å². The van der Waals surface area contributed by atoms with Gasteiger partial charge in [-0.05, 0) is 37.1 Å². The Kier molecular flexibility index (Phi) is 5.60. The van der Waals surface area contributed by atoms with E-state index in [4.69, 9.17) is 23.2 Å². The number of fused-ring (bicyclic) bond motifs is 1. The van der Waals surface area contributed by atoms with E-state index in [1.54, 1.807) is 16.8 Å². The zero-order chi connectivity index (χ0) is 20.4. The third kappa shape index (κ3) is 4.31. The van der Waals surface area contributed by atoms with Crippen LogP contribution >= 0.6 is 23.2 Å². The van der Waals surface area contributed by atoms with E-state index >= 15 is 0 Å². The lowest BCUT2D eigenvalue weighted by Crippen LogP contribution is -2.13. The first kappa shape index (κ1) is 19.6. The molecule has 0 radical (unpaired) electrons. The maximum atomic E-state index is 12.4. The first-order chi connectivity index (χ1) is 14.0. The first-order valence-corrected chi connectivity index (χ1v) is 10.1. The second-order valence-electron chi connectivity index (χ2n) is 6.94. The highest BCUT2D eigenvalue weighted by molar-refractivity contribution is 6.35. The number of nitrogens with zero attached hydrogens (tertiary/aromatic N) is 2. The van der Waals surface area contributed by atoms with Crippen LogP contribution in [0, 0.1) is 6.92 Å². The van der Waals surface area contributed by atoms with Gasteiger partial charge >= 0.3 is 0 Å². The second kappa shape index (κ2) is 8.31. The Morgan fingerprint density at radius 1 is 1.14 bits per heavy atom. The molecule has 4 aromatic rings. The van der Waals surface area contributed by atoms with E-state index in [1.165, 1.54) is 0 Å². The maximum absolute atomic E-state index is 12.4. The van der Waals surface area contributed by atoms with Gasteiger partial charge in [0.15, 0.2) is 5.82 Å². The number of hydrogen-bond acceptors (Lipinski definition) is 2. The molecule has 0 saturated heterocycles.